The molecule has 0 rings (SSSR count). The molecule has 0 aliphatic carbocycles. The van der Waals surface area contributed by atoms with Crippen molar-refractivity contribution in [3.63, 3.8) is 0 Å². The van der Waals surface area contributed by atoms with Crippen molar-refractivity contribution in [3.8, 4) is 0 Å². The van der Waals surface area contributed by atoms with Gasteiger partial charge in [0.1, 0.15) is 6.04 Å². The maximum atomic E-state index is 10.7. The van der Waals surface area contributed by atoms with Gasteiger partial charge in [0, 0.05) is 5.70 Å². The summed E-state index contributed by atoms with van der Waals surface area (Å²) >= 11 is 0. The lowest BCUT2D eigenvalue weighted by Crippen LogP contribution is -2.42. The van der Waals surface area contributed by atoms with Gasteiger partial charge in [0.25, 0.3) is 0 Å². The Labute approximate surface area is 76.6 Å². The minimum atomic E-state index is -1.07. The monoisotopic (exact) mass is 186 g/mol. The van der Waals surface area contributed by atoms with Crippen LogP contribution in [0, 0.1) is 0 Å². The van der Waals surface area contributed by atoms with Crippen molar-refractivity contribution in [2.75, 3.05) is 0 Å². The third kappa shape index (κ3) is 4.84. The standard InChI is InChI=1S/C8H14N2O3/c1-3-5(2)10-6(8(9)13)4-7(11)12/h6,10H,2-4H2,1H3,(H2,9,13)(H,11,12). The summed E-state index contributed by atoms with van der Waals surface area (Å²) in [5, 5.41) is 11.1. The second-order valence-electron chi connectivity index (χ2n) is 2.65. The SMILES string of the molecule is C=C(CC)NC(CC(=O)O)C(N)=O. The molecule has 4 N–H and O–H groups in total. The number of nitrogens with two attached hydrogens (primary N) is 1. The Morgan fingerprint density at radius 2 is 2.15 bits per heavy atom. The largest absolute Gasteiger partial charge is 0.481 e. The molecule has 1 unspecified atom stereocenters. The molecule has 0 aliphatic heterocycles. The lowest BCUT2D eigenvalue weighted by Gasteiger charge is -2.15. The van der Waals surface area contributed by atoms with Crippen molar-refractivity contribution in [2.45, 2.75) is 25.8 Å². The van der Waals surface area contributed by atoms with E-state index in [9.17, 15) is 9.59 Å². The summed E-state index contributed by atoms with van der Waals surface area (Å²) in [6, 6.07) is -0.870. The van der Waals surface area contributed by atoms with Gasteiger partial charge in [0.2, 0.25) is 5.91 Å². The molecule has 0 heterocycles. The molecule has 0 saturated carbocycles. The van der Waals surface area contributed by atoms with Gasteiger partial charge in [-0.25, -0.2) is 0 Å². The summed E-state index contributed by atoms with van der Waals surface area (Å²) in [7, 11) is 0. The number of nitrogens with one attached hydrogen (secondary N) is 1. The van der Waals surface area contributed by atoms with Crippen LogP contribution in [0.3, 0.4) is 0 Å². The predicted octanol–water partition coefficient (Wildman–Crippen LogP) is -0.172. The van der Waals surface area contributed by atoms with E-state index in [1.54, 1.807) is 0 Å². The van der Waals surface area contributed by atoms with Crippen LogP contribution in [0.1, 0.15) is 19.8 Å². The summed E-state index contributed by atoms with van der Waals surface area (Å²) in [4.78, 5) is 21.0. The highest BCUT2D eigenvalue weighted by atomic mass is 16.4. The molecule has 0 radical (unpaired) electrons. The molecule has 74 valence electrons. The van der Waals surface area contributed by atoms with E-state index in [0.29, 0.717) is 12.1 Å². The smallest absolute Gasteiger partial charge is 0.305 e. The van der Waals surface area contributed by atoms with Gasteiger partial charge < -0.3 is 16.2 Å². The van der Waals surface area contributed by atoms with Crippen LogP contribution in [-0.2, 0) is 9.59 Å². The number of carboxylic acids is 1. The zero-order valence-electron chi connectivity index (χ0n) is 7.54. The maximum absolute atomic E-state index is 10.7. The van der Waals surface area contributed by atoms with Crippen LogP contribution in [0.15, 0.2) is 12.3 Å². The average Bonchev–Trinajstić information content (AvgIpc) is 2.02. The summed E-state index contributed by atoms with van der Waals surface area (Å²) in [6.45, 7) is 5.43. The number of aliphatic carboxylic acids is 1. The fourth-order valence-corrected chi connectivity index (χ4v) is 0.746. The van der Waals surface area contributed by atoms with E-state index in [1.807, 2.05) is 6.92 Å². The van der Waals surface area contributed by atoms with Crippen LogP contribution in [0.25, 0.3) is 0 Å². The first-order valence-corrected chi connectivity index (χ1v) is 3.92. The van der Waals surface area contributed by atoms with Crippen molar-refractivity contribution < 1.29 is 14.7 Å². The van der Waals surface area contributed by atoms with Crippen LogP contribution in [0.5, 0.6) is 0 Å². The zero-order chi connectivity index (χ0) is 10.4. The normalized spacial score (nSPS) is 11.8. The number of rotatable bonds is 6. The van der Waals surface area contributed by atoms with E-state index >= 15 is 0 Å². The van der Waals surface area contributed by atoms with Gasteiger partial charge in [-0.3, -0.25) is 9.59 Å². The molecular weight excluding hydrogens is 172 g/mol. The number of amides is 1. The van der Waals surface area contributed by atoms with Crippen LogP contribution < -0.4 is 11.1 Å². The molecule has 1 atom stereocenters. The first-order chi connectivity index (χ1) is 5.97. The Morgan fingerprint density at radius 1 is 1.62 bits per heavy atom. The van der Waals surface area contributed by atoms with E-state index in [2.05, 4.69) is 11.9 Å². The highest BCUT2D eigenvalue weighted by Gasteiger charge is 2.18. The molecule has 0 aliphatic rings. The van der Waals surface area contributed by atoms with Crippen molar-refractivity contribution in [1.82, 2.24) is 5.32 Å². The Hall–Kier alpha value is -1.52. The fraction of sp³-hybridized carbons (Fsp3) is 0.500. The van der Waals surface area contributed by atoms with Gasteiger partial charge >= 0.3 is 5.97 Å². The Morgan fingerprint density at radius 3 is 2.46 bits per heavy atom. The molecule has 0 aromatic rings. The molecule has 0 fully saturated rings. The lowest BCUT2D eigenvalue weighted by atomic mass is 10.2. The van der Waals surface area contributed by atoms with Crippen molar-refractivity contribution in [2.24, 2.45) is 5.73 Å². The third-order valence-electron chi connectivity index (χ3n) is 1.53. The molecular formula is C8H14N2O3. The van der Waals surface area contributed by atoms with E-state index in [0.717, 1.165) is 0 Å². The van der Waals surface area contributed by atoms with Gasteiger partial charge in [-0.15, -0.1) is 0 Å². The van der Waals surface area contributed by atoms with Gasteiger partial charge in [0.05, 0.1) is 6.42 Å². The van der Waals surface area contributed by atoms with Crippen molar-refractivity contribution >= 4 is 11.9 Å². The van der Waals surface area contributed by atoms with Gasteiger partial charge in [-0.2, -0.15) is 0 Å². The number of carboxylic acid groups (broad SMARTS) is 1. The van der Waals surface area contributed by atoms with Crippen LogP contribution in [-0.4, -0.2) is 23.0 Å². The summed E-state index contributed by atoms with van der Waals surface area (Å²) in [5.74, 6) is -1.75. The van der Waals surface area contributed by atoms with Crippen LogP contribution in [0.4, 0.5) is 0 Å². The minimum absolute atomic E-state index is 0.325. The summed E-state index contributed by atoms with van der Waals surface area (Å²) < 4.78 is 0. The molecule has 0 saturated heterocycles. The molecule has 0 aromatic carbocycles. The number of allylic oxidation sites excluding steroid dienone is 1. The number of hydrogen-bond acceptors (Lipinski definition) is 3. The second-order valence-corrected chi connectivity index (χ2v) is 2.65. The van der Waals surface area contributed by atoms with E-state index < -0.39 is 17.9 Å². The first kappa shape index (κ1) is 11.5. The number of hydrogen-bond donors (Lipinski definition) is 3. The Balaban J connectivity index is 4.18. The Kier molecular flexibility index (Phi) is 4.58. The summed E-state index contributed by atoms with van der Waals surface area (Å²) in [5.41, 5.74) is 5.58. The molecule has 5 nitrogen and oxygen atoms in total. The molecule has 5 heteroatoms. The van der Waals surface area contributed by atoms with Gasteiger partial charge in [-0.05, 0) is 6.42 Å². The van der Waals surface area contributed by atoms with E-state index in [4.69, 9.17) is 10.8 Å². The molecule has 1 amide bonds. The first-order valence-electron chi connectivity index (χ1n) is 3.92. The Bertz CT molecular complexity index is 225. The third-order valence-corrected chi connectivity index (χ3v) is 1.53. The van der Waals surface area contributed by atoms with Gasteiger partial charge in [0.15, 0.2) is 0 Å². The molecule has 13 heavy (non-hydrogen) atoms. The summed E-state index contributed by atoms with van der Waals surface area (Å²) in [6.07, 6.45) is 0.303. The maximum Gasteiger partial charge on any atom is 0.305 e. The molecule has 0 bridgehead atoms. The molecule has 0 aromatic heterocycles. The van der Waals surface area contributed by atoms with Crippen LogP contribution in [0.2, 0.25) is 0 Å². The highest BCUT2D eigenvalue weighted by Crippen LogP contribution is 1.98. The minimum Gasteiger partial charge on any atom is -0.481 e. The number of carbonyl (C=O) groups is 2. The van der Waals surface area contributed by atoms with Gasteiger partial charge in [-0.1, -0.05) is 13.5 Å². The average molecular weight is 186 g/mol. The predicted molar refractivity (Wildman–Crippen MR) is 47.8 cm³/mol. The zero-order valence-corrected chi connectivity index (χ0v) is 7.54. The van der Waals surface area contributed by atoms with Crippen molar-refractivity contribution in [3.05, 3.63) is 12.3 Å². The van der Waals surface area contributed by atoms with Crippen molar-refractivity contribution in [1.29, 1.82) is 0 Å². The van der Waals surface area contributed by atoms with Crippen LogP contribution >= 0.6 is 0 Å². The second kappa shape index (κ2) is 5.18. The van der Waals surface area contributed by atoms with E-state index in [1.165, 1.54) is 0 Å². The lowest BCUT2D eigenvalue weighted by molar-refractivity contribution is -0.139. The fourth-order valence-electron chi connectivity index (χ4n) is 0.746. The topological polar surface area (TPSA) is 92.4 Å². The molecule has 0 spiro atoms. The number of primary amides is 1. The highest BCUT2D eigenvalue weighted by molar-refractivity contribution is 5.84. The van der Waals surface area contributed by atoms with E-state index in [-0.39, 0.29) is 6.42 Å². The number of carbonyl (C=O) groups excluding carboxylic acids is 1. The quantitative estimate of drug-likeness (QED) is 0.537.